The van der Waals surface area contributed by atoms with Gasteiger partial charge < -0.3 is 9.88 Å². The first-order chi connectivity index (χ1) is 10.7. The molecule has 1 saturated heterocycles. The second kappa shape index (κ2) is 6.99. The molecule has 1 aliphatic carbocycles. The monoisotopic (exact) mass is 302 g/mol. The smallest absolute Gasteiger partial charge is 0.169 e. The fourth-order valence-electron chi connectivity index (χ4n) is 4.17. The first kappa shape index (κ1) is 15.8. The van der Waals surface area contributed by atoms with Gasteiger partial charge in [0.2, 0.25) is 0 Å². The van der Waals surface area contributed by atoms with Crippen LogP contribution >= 0.6 is 0 Å². The summed E-state index contributed by atoms with van der Waals surface area (Å²) in [6, 6.07) is 0. The maximum atomic E-state index is 13.0. The summed E-state index contributed by atoms with van der Waals surface area (Å²) in [5.74, 6) is 0.642. The van der Waals surface area contributed by atoms with Gasteiger partial charge >= 0.3 is 0 Å². The van der Waals surface area contributed by atoms with Crippen molar-refractivity contribution in [1.82, 2.24) is 9.88 Å². The normalized spacial score (nSPS) is 22.8. The minimum absolute atomic E-state index is 0.223. The first-order valence-corrected chi connectivity index (χ1v) is 9.17. The molecule has 3 heteroatoms. The quantitative estimate of drug-likeness (QED) is 0.895. The number of aryl methyl sites for hydroxylation is 2. The number of hydrogen-bond acceptors (Lipinski definition) is 2. The molecule has 1 fully saturated rings. The maximum absolute atomic E-state index is 13.0. The van der Waals surface area contributed by atoms with E-state index in [4.69, 9.17) is 0 Å². The van der Waals surface area contributed by atoms with Crippen molar-refractivity contribution in [3.63, 3.8) is 0 Å². The standard InChI is InChI=1S/C19H30N2O/c1-3-4-8-16-14(2)20-17-10-9-15(19(22)18(16)17)13-21-11-6-5-7-12-21/h15,20H,3-13H2,1-2H3. The molecule has 0 saturated carbocycles. The van der Waals surface area contributed by atoms with Crippen molar-refractivity contribution in [2.45, 2.75) is 65.2 Å². The van der Waals surface area contributed by atoms with Gasteiger partial charge in [-0.05, 0) is 64.1 Å². The van der Waals surface area contributed by atoms with E-state index < -0.39 is 0 Å². The largest absolute Gasteiger partial charge is 0.362 e. The Morgan fingerprint density at radius 1 is 1.23 bits per heavy atom. The zero-order valence-corrected chi connectivity index (χ0v) is 14.2. The molecule has 0 aromatic carbocycles. The molecule has 2 heterocycles. The topological polar surface area (TPSA) is 36.1 Å². The molecule has 1 aromatic heterocycles. The second-order valence-corrected chi connectivity index (χ2v) is 7.15. The van der Waals surface area contributed by atoms with Crippen LogP contribution in [-0.4, -0.2) is 35.3 Å². The average Bonchev–Trinajstić information content (AvgIpc) is 2.85. The Labute approximate surface area is 134 Å². The summed E-state index contributed by atoms with van der Waals surface area (Å²) in [6.07, 6.45) is 9.45. The van der Waals surface area contributed by atoms with Crippen LogP contribution in [0.2, 0.25) is 0 Å². The predicted molar refractivity (Wildman–Crippen MR) is 90.6 cm³/mol. The molecule has 3 rings (SSSR count). The molecule has 2 aliphatic rings. The number of ketones is 1. The van der Waals surface area contributed by atoms with Crippen molar-refractivity contribution in [2.75, 3.05) is 19.6 Å². The van der Waals surface area contributed by atoms with Gasteiger partial charge in [-0.15, -0.1) is 0 Å². The van der Waals surface area contributed by atoms with E-state index in [1.807, 2.05) is 0 Å². The van der Waals surface area contributed by atoms with E-state index in [9.17, 15) is 4.79 Å². The highest BCUT2D eigenvalue weighted by Crippen LogP contribution is 2.31. The zero-order chi connectivity index (χ0) is 15.5. The minimum Gasteiger partial charge on any atom is -0.362 e. The molecule has 0 amide bonds. The highest BCUT2D eigenvalue weighted by atomic mass is 16.1. The number of Topliss-reactive ketones (excluding diaryl/α,β-unsaturated/α-hetero) is 1. The Hall–Kier alpha value is -1.09. The lowest BCUT2D eigenvalue weighted by Gasteiger charge is -2.31. The van der Waals surface area contributed by atoms with Gasteiger partial charge in [-0.3, -0.25) is 4.79 Å². The van der Waals surface area contributed by atoms with Crippen LogP contribution in [0.4, 0.5) is 0 Å². The van der Waals surface area contributed by atoms with Crippen LogP contribution in [0.3, 0.4) is 0 Å². The Bertz CT molecular complexity index is 526. The average molecular weight is 302 g/mol. The summed E-state index contributed by atoms with van der Waals surface area (Å²) in [5, 5.41) is 0. The number of fused-ring (bicyclic) bond motifs is 1. The summed E-state index contributed by atoms with van der Waals surface area (Å²) in [4.78, 5) is 19.1. The Kier molecular flexibility index (Phi) is 5.02. The molecule has 1 unspecified atom stereocenters. The van der Waals surface area contributed by atoms with Crippen molar-refractivity contribution in [2.24, 2.45) is 5.92 Å². The molecule has 122 valence electrons. The number of aromatic amines is 1. The zero-order valence-electron chi connectivity index (χ0n) is 14.2. The number of hydrogen-bond donors (Lipinski definition) is 1. The molecule has 22 heavy (non-hydrogen) atoms. The van der Waals surface area contributed by atoms with Gasteiger partial charge in [0.15, 0.2) is 5.78 Å². The van der Waals surface area contributed by atoms with Gasteiger partial charge in [0, 0.05) is 29.4 Å². The molecular formula is C19H30N2O. The van der Waals surface area contributed by atoms with Crippen LogP contribution in [-0.2, 0) is 12.8 Å². The highest BCUT2D eigenvalue weighted by Gasteiger charge is 2.32. The van der Waals surface area contributed by atoms with Crippen molar-refractivity contribution in [3.8, 4) is 0 Å². The van der Waals surface area contributed by atoms with Gasteiger partial charge in [-0.25, -0.2) is 0 Å². The maximum Gasteiger partial charge on any atom is 0.169 e. The lowest BCUT2D eigenvalue weighted by Crippen LogP contribution is -2.38. The summed E-state index contributed by atoms with van der Waals surface area (Å²) in [7, 11) is 0. The van der Waals surface area contributed by atoms with Gasteiger partial charge in [-0.1, -0.05) is 19.8 Å². The lowest BCUT2D eigenvalue weighted by atomic mass is 9.83. The number of carbonyl (C=O) groups excluding carboxylic acids is 1. The number of nitrogens with one attached hydrogen (secondary N) is 1. The highest BCUT2D eigenvalue weighted by molar-refractivity contribution is 6.01. The van der Waals surface area contributed by atoms with E-state index in [-0.39, 0.29) is 5.92 Å². The fourth-order valence-corrected chi connectivity index (χ4v) is 4.17. The molecule has 3 nitrogen and oxygen atoms in total. The third-order valence-corrected chi connectivity index (χ3v) is 5.46. The number of carbonyl (C=O) groups is 1. The van der Waals surface area contributed by atoms with E-state index in [1.54, 1.807) is 0 Å². The second-order valence-electron chi connectivity index (χ2n) is 7.15. The number of aromatic nitrogens is 1. The third-order valence-electron chi connectivity index (χ3n) is 5.46. The van der Waals surface area contributed by atoms with Crippen LogP contribution in [0.1, 0.15) is 72.8 Å². The van der Waals surface area contributed by atoms with E-state index in [0.29, 0.717) is 5.78 Å². The van der Waals surface area contributed by atoms with Gasteiger partial charge in [0.1, 0.15) is 0 Å². The SMILES string of the molecule is CCCCc1c(C)[nH]c2c1C(=O)C(CN1CCCCC1)CC2. The summed E-state index contributed by atoms with van der Waals surface area (Å²) < 4.78 is 0. The number of likely N-dealkylation sites (tertiary alicyclic amines) is 1. The van der Waals surface area contributed by atoms with Crippen molar-refractivity contribution in [1.29, 1.82) is 0 Å². The summed E-state index contributed by atoms with van der Waals surface area (Å²) >= 11 is 0. The Balaban J connectivity index is 1.75. The molecule has 1 aliphatic heterocycles. The van der Waals surface area contributed by atoms with Crippen molar-refractivity contribution < 1.29 is 4.79 Å². The number of piperidine rings is 1. The molecule has 0 spiro atoms. The van der Waals surface area contributed by atoms with Crippen LogP contribution in [0.25, 0.3) is 0 Å². The molecule has 1 N–H and O–H groups in total. The molecule has 1 atom stereocenters. The van der Waals surface area contributed by atoms with Gasteiger partial charge in [0.25, 0.3) is 0 Å². The number of unbranched alkanes of at least 4 members (excludes halogenated alkanes) is 1. The summed E-state index contributed by atoms with van der Waals surface area (Å²) in [6.45, 7) is 7.71. The number of nitrogens with zero attached hydrogens (tertiary/aromatic N) is 1. The minimum atomic E-state index is 0.223. The number of H-pyrrole nitrogens is 1. The van der Waals surface area contributed by atoms with Crippen LogP contribution in [0.5, 0.6) is 0 Å². The molecule has 0 radical (unpaired) electrons. The van der Waals surface area contributed by atoms with E-state index in [0.717, 1.165) is 31.4 Å². The first-order valence-electron chi connectivity index (χ1n) is 9.17. The van der Waals surface area contributed by atoms with E-state index in [1.165, 1.54) is 62.1 Å². The van der Waals surface area contributed by atoms with Gasteiger partial charge in [0.05, 0.1) is 0 Å². The molecule has 1 aromatic rings. The van der Waals surface area contributed by atoms with Gasteiger partial charge in [-0.2, -0.15) is 0 Å². The fraction of sp³-hybridized carbons (Fsp3) is 0.737. The van der Waals surface area contributed by atoms with Crippen LogP contribution in [0.15, 0.2) is 0 Å². The third kappa shape index (κ3) is 3.15. The molecular weight excluding hydrogens is 272 g/mol. The van der Waals surface area contributed by atoms with E-state index >= 15 is 0 Å². The Morgan fingerprint density at radius 3 is 2.73 bits per heavy atom. The number of rotatable bonds is 5. The molecule has 0 bridgehead atoms. The van der Waals surface area contributed by atoms with Crippen LogP contribution < -0.4 is 0 Å². The van der Waals surface area contributed by atoms with Crippen LogP contribution in [0, 0.1) is 12.8 Å². The van der Waals surface area contributed by atoms with Crippen molar-refractivity contribution in [3.05, 3.63) is 22.5 Å². The lowest BCUT2D eigenvalue weighted by molar-refractivity contribution is 0.0844. The Morgan fingerprint density at radius 2 is 2.00 bits per heavy atom. The van der Waals surface area contributed by atoms with Crippen molar-refractivity contribution >= 4 is 5.78 Å². The summed E-state index contributed by atoms with van der Waals surface area (Å²) in [5.41, 5.74) is 4.82. The predicted octanol–water partition coefficient (Wildman–Crippen LogP) is 3.90. The van der Waals surface area contributed by atoms with E-state index in [2.05, 4.69) is 23.7 Å².